The van der Waals surface area contributed by atoms with Crippen LogP contribution >= 0.6 is 0 Å². The maximum absolute atomic E-state index is 11.5. The summed E-state index contributed by atoms with van der Waals surface area (Å²) in [4.78, 5) is 11.5. The zero-order valence-electron chi connectivity index (χ0n) is 12.7. The fraction of sp³-hybridized carbons (Fsp3) is 0.933. The van der Waals surface area contributed by atoms with Crippen molar-refractivity contribution in [3.8, 4) is 0 Å². The molecule has 1 aliphatic carbocycles. The summed E-state index contributed by atoms with van der Waals surface area (Å²) in [6.07, 6.45) is 4.17. The van der Waals surface area contributed by atoms with Crippen molar-refractivity contribution in [1.29, 1.82) is 0 Å². The molecule has 20 heavy (non-hydrogen) atoms. The van der Waals surface area contributed by atoms with Gasteiger partial charge in [-0.15, -0.1) is 0 Å². The molecule has 5 heteroatoms. The van der Waals surface area contributed by atoms with E-state index in [-0.39, 0.29) is 0 Å². The molecule has 0 aromatic rings. The minimum absolute atomic E-state index is 0.494. The number of carbonyl (C=O) groups is 1. The van der Waals surface area contributed by atoms with Gasteiger partial charge in [-0.1, -0.05) is 6.92 Å². The summed E-state index contributed by atoms with van der Waals surface area (Å²) in [5, 5.41) is 9.48. The van der Waals surface area contributed by atoms with Crippen molar-refractivity contribution in [2.75, 3.05) is 40.1 Å². The SMILES string of the molecule is COCCOCCOCCC1(C(=O)O)CCC(C)CC1. The Kier molecular flexibility index (Phi) is 8.11. The summed E-state index contributed by atoms with van der Waals surface area (Å²) < 4.78 is 15.6. The average Bonchev–Trinajstić information content (AvgIpc) is 2.44. The fourth-order valence-electron chi connectivity index (χ4n) is 2.62. The van der Waals surface area contributed by atoms with Gasteiger partial charge in [-0.3, -0.25) is 4.79 Å². The number of aliphatic carboxylic acids is 1. The number of hydrogen-bond acceptors (Lipinski definition) is 4. The van der Waals surface area contributed by atoms with E-state index in [2.05, 4.69) is 6.92 Å². The van der Waals surface area contributed by atoms with E-state index in [0.29, 0.717) is 45.4 Å². The molecule has 1 aliphatic rings. The van der Waals surface area contributed by atoms with Gasteiger partial charge in [0.25, 0.3) is 0 Å². The van der Waals surface area contributed by atoms with Gasteiger partial charge >= 0.3 is 5.97 Å². The third-order valence-electron chi connectivity index (χ3n) is 4.21. The van der Waals surface area contributed by atoms with Crippen molar-refractivity contribution in [1.82, 2.24) is 0 Å². The second kappa shape index (κ2) is 9.32. The molecule has 0 saturated heterocycles. The summed E-state index contributed by atoms with van der Waals surface area (Å²) >= 11 is 0. The second-order valence-electron chi connectivity index (χ2n) is 5.74. The molecule has 118 valence electrons. The summed E-state index contributed by atoms with van der Waals surface area (Å²) in [5.74, 6) is -0.0121. The molecule has 0 atom stereocenters. The Hall–Kier alpha value is -0.650. The Morgan fingerprint density at radius 1 is 1.10 bits per heavy atom. The number of carboxylic acids is 1. The summed E-state index contributed by atoms with van der Waals surface area (Å²) in [6, 6.07) is 0. The maximum atomic E-state index is 11.5. The lowest BCUT2D eigenvalue weighted by atomic mass is 9.69. The molecule has 0 aliphatic heterocycles. The maximum Gasteiger partial charge on any atom is 0.309 e. The standard InChI is InChI=1S/C15H28O5/c1-13-3-5-15(6-4-13,14(16)17)7-8-19-11-12-20-10-9-18-2/h13H,3-12H2,1-2H3,(H,16,17). The first-order chi connectivity index (χ1) is 9.60. The van der Waals surface area contributed by atoms with E-state index in [0.717, 1.165) is 25.7 Å². The summed E-state index contributed by atoms with van der Waals surface area (Å²) in [5.41, 5.74) is -0.566. The molecule has 0 spiro atoms. The van der Waals surface area contributed by atoms with Gasteiger partial charge in [0.2, 0.25) is 0 Å². The molecular formula is C15H28O5. The second-order valence-corrected chi connectivity index (χ2v) is 5.74. The van der Waals surface area contributed by atoms with Crippen LogP contribution in [-0.4, -0.2) is 51.2 Å². The first-order valence-corrected chi connectivity index (χ1v) is 7.48. The lowest BCUT2D eigenvalue weighted by Crippen LogP contribution is -2.36. The minimum atomic E-state index is -0.663. The predicted molar refractivity (Wildman–Crippen MR) is 75.8 cm³/mol. The van der Waals surface area contributed by atoms with Crippen LogP contribution in [0.5, 0.6) is 0 Å². The van der Waals surface area contributed by atoms with Crippen LogP contribution in [0.15, 0.2) is 0 Å². The van der Waals surface area contributed by atoms with Crippen molar-refractivity contribution in [3.63, 3.8) is 0 Å². The number of hydrogen-bond donors (Lipinski definition) is 1. The third-order valence-corrected chi connectivity index (χ3v) is 4.21. The Bertz CT molecular complexity index is 271. The van der Waals surface area contributed by atoms with Crippen molar-refractivity contribution < 1.29 is 24.1 Å². The molecule has 1 rings (SSSR count). The molecule has 5 nitrogen and oxygen atoms in total. The van der Waals surface area contributed by atoms with Crippen LogP contribution in [0.4, 0.5) is 0 Å². The normalized spacial score (nSPS) is 26.6. The van der Waals surface area contributed by atoms with Crippen LogP contribution in [0.1, 0.15) is 39.0 Å². The van der Waals surface area contributed by atoms with E-state index in [1.165, 1.54) is 0 Å². The molecule has 1 N–H and O–H groups in total. The van der Waals surface area contributed by atoms with Crippen LogP contribution in [0.25, 0.3) is 0 Å². The zero-order valence-corrected chi connectivity index (χ0v) is 12.7. The lowest BCUT2D eigenvalue weighted by Gasteiger charge is -2.35. The van der Waals surface area contributed by atoms with Gasteiger partial charge in [-0.2, -0.15) is 0 Å². The highest BCUT2D eigenvalue weighted by Gasteiger charge is 2.40. The fourth-order valence-corrected chi connectivity index (χ4v) is 2.62. The van der Waals surface area contributed by atoms with Gasteiger partial charge < -0.3 is 19.3 Å². The first kappa shape index (κ1) is 17.4. The van der Waals surface area contributed by atoms with Crippen molar-refractivity contribution in [2.45, 2.75) is 39.0 Å². The van der Waals surface area contributed by atoms with Crippen molar-refractivity contribution in [3.05, 3.63) is 0 Å². The number of ether oxygens (including phenoxy) is 3. The summed E-state index contributed by atoms with van der Waals surface area (Å²) in [7, 11) is 1.64. The molecule has 0 aromatic heterocycles. The molecule has 1 fully saturated rings. The van der Waals surface area contributed by atoms with Crippen LogP contribution in [0.2, 0.25) is 0 Å². The number of rotatable bonds is 10. The van der Waals surface area contributed by atoms with Crippen LogP contribution in [-0.2, 0) is 19.0 Å². The molecule has 0 unspecified atom stereocenters. The van der Waals surface area contributed by atoms with Crippen LogP contribution in [0, 0.1) is 11.3 Å². The largest absolute Gasteiger partial charge is 0.481 e. The number of carboxylic acid groups (broad SMARTS) is 1. The monoisotopic (exact) mass is 288 g/mol. The highest BCUT2D eigenvalue weighted by atomic mass is 16.5. The molecular weight excluding hydrogens is 260 g/mol. The topological polar surface area (TPSA) is 65.0 Å². The highest BCUT2D eigenvalue weighted by molar-refractivity contribution is 5.74. The van der Waals surface area contributed by atoms with E-state index < -0.39 is 11.4 Å². The molecule has 0 heterocycles. The Balaban J connectivity index is 2.16. The molecule has 1 saturated carbocycles. The van der Waals surface area contributed by atoms with Gasteiger partial charge in [0.15, 0.2) is 0 Å². The predicted octanol–water partition coefficient (Wildman–Crippen LogP) is 2.34. The Morgan fingerprint density at radius 2 is 1.65 bits per heavy atom. The summed E-state index contributed by atoms with van der Waals surface area (Å²) in [6.45, 7) is 4.88. The average molecular weight is 288 g/mol. The molecule has 0 aromatic carbocycles. The Labute approximate surface area is 121 Å². The van der Waals surface area contributed by atoms with Gasteiger partial charge in [0, 0.05) is 13.7 Å². The van der Waals surface area contributed by atoms with E-state index >= 15 is 0 Å². The van der Waals surface area contributed by atoms with Crippen molar-refractivity contribution >= 4 is 5.97 Å². The zero-order chi connectivity index (χ0) is 14.8. The van der Waals surface area contributed by atoms with E-state index in [4.69, 9.17) is 14.2 Å². The number of methoxy groups -OCH3 is 1. The van der Waals surface area contributed by atoms with Gasteiger partial charge in [-0.25, -0.2) is 0 Å². The van der Waals surface area contributed by atoms with Crippen LogP contribution < -0.4 is 0 Å². The smallest absolute Gasteiger partial charge is 0.309 e. The highest BCUT2D eigenvalue weighted by Crippen LogP contribution is 2.41. The lowest BCUT2D eigenvalue weighted by molar-refractivity contribution is -0.153. The van der Waals surface area contributed by atoms with Gasteiger partial charge in [0.05, 0.1) is 31.8 Å². The molecule has 0 radical (unpaired) electrons. The Morgan fingerprint density at radius 3 is 2.20 bits per heavy atom. The van der Waals surface area contributed by atoms with Crippen LogP contribution in [0.3, 0.4) is 0 Å². The first-order valence-electron chi connectivity index (χ1n) is 7.48. The molecule has 0 bridgehead atoms. The van der Waals surface area contributed by atoms with Crippen molar-refractivity contribution in [2.24, 2.45) is 11.3 Å². The van der Waals surface area contributed by atoms with Gasteiger partial charge in [0.1, 0.15) is 0 Å². The van der Waals surface area contributed by atoms with E-state index in [1.807, 2.05) is 0 Å². The quantitative estimate of drug-likeness (QED) is 0.625. The molecule has 0 amide bonds. The van der Waals surface area contributed by atoms with E-state index in [1.54, 1.807) is 7.11 Å². The van der Waals surface area contributed by atoms with Gasteiger partial charge in [-0.05, 0) is 38.0 Å². The van der Waals surface area contributed by atoms with E-state index in [9.17, 15) is 9.90 Å². The third kappa shape index (κ3) is 5.77. The minimum Gasteiger partial charge on any atom is -0.481 e.